The number of nitrogens with zero attached hydrogens (tertiary/aromatic N) is 1. The maximum Gasteiger partial charge on any atom is 0.410 e. The average molecular weight is 376 g/mol. The summed E-state index contributed by atoms with van der Waals surface area (Å²) >= 11 is 0. The molecule has 1 atom stereocenters. The fraction of sp³-hybridized carbons (Fsp3) is 0.600. The van der Waals surface area contributed by atoms with Gasteiger partial charge in [-0.2, -0.15) is 0 Å². The first-order valence-corrected chi connectivity index (χ1v) is 9.51. The minimum Gasteiger partial charge on any atom is -0.486 e. The van der Waals surface area contributed by atoms with E-state index in [9.17, 15) is 9.59 Å². The molecule has 3 rings (SSSR count). The largest absolute Gasteiger partial charge is 0.486 e. The Bertz CT molecular complexity index is 698. The van der Waals surface area contributed by atoms with Crippen molar-refractivity contribution in [2.24, 2.45) is 0 Å². The highest BCUT2D eigenvalue weighted by Crippen LogP contribution is 2.30. The van der Waals surface area contributed by atoms with Crippen molar-refractivity contribution in [2.45, 2.75) is 51.7 Å². The van der Waals surface area contributed by atoms with Crippen LogP contribution in [-0.2, 0) is 4.74 Å². The third-order valence-electron chi connectivity index (χ3n) is 4.56. The van der Waals surface area contributed by atoms with E-state index in [0.29, 0.717) is 43.4 Å². The topological polar surface area (TPSA) is 77.1 Å². The van der Waals surface area contributed by atoms with E-state index in [1.807, 2.05) is 20.8 Å². The van der Waals surface area contributed by atoms with Gasteiger partial charge in [-0.1, -0.05) is 0 Å². The number of ether oxygens (including phenoxy) is 3. The van der Waals surface area contributed by atoms with E-state index in [1.54, 1.807) is 23.1 Å². The first kappa shape index (κ1) is 19.3. The Hall–Kier alpha value is -2.44. The molecular weight excluding hydrogens is 348 g/mol. The van der Waals surface area contributed by atoms with E-state index in [1.165, 1.54) is 0 Å². The number of piperidine rings is 1. The first-order valence-electron chi connectivity index (χ1n) is 9.51. The van der Waals surface area contributed by atoms with Gasteiger partial charge in [-0.05, 0) is 58.2 Å². The summed E-state index contributed by atoms with van der Waals surface area (Å²) < 4.78 is 16.5. The van der Waals surface area contributed by atoms with Gasteiger partial charge >= 0.3 is 6.09 Å². The molecule has 7 nitrogen and oxygen atoms in total. The molecule has 2 aliphatic rings. The number of hydrogen-bond acceptors (Lipinski definition) is 5. The number of hydrogen-bond donors (Lipinski definition) is 1. The van der Waals surface area contributed by atoms with Gasteiger partial charge in [0.25, 0.3) is 5.91 Å². The minimum atomic E-state index is -0.534. The van der Waals surface area contributed by atoms with Crippen molar-refractivity contribution in [3.05, 3.63) is 23.8 Å². The second kappa shape index (κ2) is 8.06. The first-order chi connectivity index (χ1) is 12.8. The number of nitrogens with one attached hydrogen (secondary N) is 1. The van der Waals surface area contributed by atoms with Crippen molar-refractivity contribution >= 4 is 12.0 Å². The molecule has 1 fully saturated rings. The van der Waals surface area contributed by atoms with E-state index in [2.05, 4.69) is 5.32 Å². The lowest BCUT2D eigenvalue weighted by Gasteiger charge is -2.36. The molecule has 27 heavy (non-hydrogen) atoms. The summed E-state index contributed by atoms with van der Waals surface area (Å²) in [6, 6.07) is 5.10. The summed E-state index contributed by atoms with van der Waals surface area (Å²) in [7, 11) is 0. The Morgan fingerprint density at radius 2 is 1.93 bits per heavy atom. The Kier molecular flexibility index (Phi) is 5.77. The van der Waals surface area contributed by atoms with Crippen LogP contribution in [-0.4, -0.2) is 54.8 Å². The molecular formula is C20H28N2O5. The zero-order chi connectivity index (χ0) is 19.4. The van der Waals surface area contributed by atoms with Crippen LogP contribution in [0.5, 0.6) is 11.5 Å². The monoisotopic (exact) mass is 376 g/mol. The molecule has 0 aliphatic carbocycles. The Labute approximate surface area is 160 Å². The molecule has 0 radical (unpaired) electrons. The highest BCUT2D eigenvalue weighted by atomic mass is 16.6. The molecule has 1 N–H and O–H groups in total. The van der Waals surface area contributed by atoms with E-state index >= 15 is 0 Å². The quantitative estimate of drug-likeness (QED) is 0.878. The Balaban J connectivity index is 1.60. The zero-order valence-electron chi connectivity index (χ0n) is 16.2. The van der Waals surface area contributed by atoms with E-state index in [0.717, 1.165) is 19.3 Å². The van der Waals surface area contributed by atoms with Gasteiger partial charge in [0.05, 0.1) is 6.04 Å². The van der Waals surface area contributed by atoms with Crippen molar-refractivity contribution in [3.63, 3.8) is 0 Å². The molecule has 1 aromatic rings. The van der Waals surface area contributed by atoms with Crippen molar-refractivity contribution < 1.29 is 23.8 Å². The van der Waals surface area contributed by atoms with Crippen LogP contribution in [0.25, 0.3) is 0 Å². The van der Waals surface area contributed by atoms with Gasteiger partial charge in [-0.15, -0.1) is 0 Å². The summed E-state index contributed by atoms with van der Waals surface area (Å²) in [4.78, 5) is 26.7. The van der Waals surface area contributed by atoms with Crippen LogP contribution < -0.4 is 14.8 Å². The highest BCUT2D eigenvalue weighted by molar-refractivity contribution is 5.95. The van der Waals surface area contributed by atoms with Gasteiger partial charge in [0, 0.05) is 18.7 Å². The molecule has 1 aromatic carbocycles. The van der Waals surface area contributed by atoms with Crippen LogP contribution in [0.2, 0.25) is 0 Å². The maximum absolute atomic E-state index is 12.5. The summed E-state index contributed by atoms with van der Waals surface area (Å²) in [5.41, 5.74) is -0.0213. The number of rotatable bonds is 3. The van der Waals surface area contributed by atoms with Gasteiger partial charge in [-0.3, -0.25) is 4.79 Å². The summed E-state index contributed by atoms with van der Waals surface area (Å²) in [5.74, 6) is 1.05. The molecule has 0 bridgehead atoms. The van der Waals surface area contributed by atoms with Crippen LogP contribution in [0.3, 0.4) is 0 Å². The van der Waals surface area contributed by atoms with Crippen molar-refractivity contribution in [2.75, 3.05) is 26.3 Å². The number of amides is 2. The fourth-order valence-electron chi connectivity index (χ4n) is 3.27. The normalized spacial score (nSPS) is 19.4. The molecule has 7 heteroatoms. The molecule has 0 aromatic heterocycles. The predicted octanol–water partition coefficient (Wildman–Crippen LogP) is 2.98. The van der Waals surface area contributed by atoms with E-state index in [-0.39, 0.29) is 18.0 Å². The number of carbonyl (C=O) groups excluding carboxylic acids is 2. The van der Waals surface area contributed by atoms with Crippen LogP contribution in [0, 0.1) is 0 Å². The summed E-state index contributed by atoms with van der Waals surface area (Å²) in [6.07, 6.45) is 2.51. The molecule has 2 heterocycles. The smallest absolute Gasteiger partial charge is 0.410 e. The molecule has 1 unspecified atom stereocenters. The molecule has 2 aliphatic heterocycles. The van der Waals surface area contributed by atoms with Gasteiger partial charge in [0.2, 0.25) is 0 Å². The van der Waals surface area contributed by atoms with Gasteiger partial charge in [-0.25, -0.2) is 4.79 Å². The number of likely N-dealkylation sites (tertiary alicyclic amines) is 1. The summed E-state index contributed by atoms with van der Waals surface area (Å²) in [6.45, 7) is 7.60. The molecule has 2 amide bonds. The molecule has 0 spiro atoms. The number of fused-ring (bicyclic) bond motifs is 1. The van der Waals surface area contributed by atoms with Gasteiger partial charge in [0.1, 0.15) is 18.8 Å². The van der Waals surface area contributed by atoms with Crippen molar-refractivity contribution in [1.29, 1.82) is 0 Å². The maximum atomic E-state index is 12.5. The third kappa shape index (κ3) is 5.05. The highest BCUT2D eigenvalue weighted by Gasteiger charge is 2.30. The summed E-state index contributed by atoms with van der Waals surface area (Å²) in [5, 5.41) is 2.94. The van der Waals surface area contributed by atoms with Gasteiger partial charge < -0.3 is 24.4 Å². The standard InChI is InChI=1S/C20H28N2O5/c1-20(2,3)27-19(24)22-9-5-4-6-15(22)13-21-18(23)14-7-8-16-17(12-14)26-11-10-25-16/h7-8,12,15H,4-6,9-11,13H2,1-3H3,(H,21,23). The van der Waals surface area contributed by atoms with Gasteiger partial charge in [0.15, 0.2) is 11.5 Å². The Morgan fingerprint density at radius 1 is 1.19 bits per heavy atom. The van der Waals surface area contributed by atoms with Crippen LogP contribution in [0.15, 0.2) is 18.2 Å². The molecule has 1 saturated heterocycles. The Morgan fingerprint density at radius 3 is 2.67 bits per heavy atom. The van der Waals surface area contributed by atoms with Crippen molar-refractivity contribution in [3.8, 4) is 11.5 Å². The fourth-order valence-corrected chi connectivity index (χ4v) is 3.27. The lowest BCUT2D eigenvalue weighted by molar-refractivity contribution is 0.00986. The number of carbonyl (C=O) groups is 2. The lowest BCUT2D eigenvalue weighted by Crippen LogP contribution is -2.50. The predicted molar refractivity (Wildman–Crippen MR) is 100 cm³/mol. The SMILES string of the molecule is CC(C)(C)OC(=O)N1CCCCC1CNC(=O)c1ccc2c(c1)OCCO2. The average Bonchev–Trinajstić information content (AvgIpc) is 2.64. The van der Waals surface area contributed by atoms with E-state index < -0.39 is 5.60 Å². The molecule has 148 valence electrons. The lowest BCUT2D eigenvalue weighted by atomic mass is 10.0. The van der Waals surface area contributed by atoms with E-state index in [4.69, 9.17) is 14.2 Å². The van der Waals surface area contributed by atoms with Crippen LogP contribution in [0.1, 0.15) is 50.4 Å². The van der Waals surface area contributed by atoms with Crippen molar-refractivity contribution in [1.82, 2.24) is 10.2 Å². The number of benzene rings is 1. The molecule has 0 saturated carbocycles. The van der Waals surface area contributed by atoms with Crippen LogP contribution >= 0.6 is 0 Å². The second-order valence-corrected chi connectivity index (χ2v) is 7.89. The second-order valence-electron chi connectivity index (χ2n) is 7.89. The zero-order valence-corrected chi connectivity index (χ0v) is 16.2. The van der Waals surface area contributed by atoms with Crippen LogP contribution in [0.4, 0.5) is 4.79 Å². The third-order valence-corrected chi connectivity index (χ3v) is 4.56. The minimum absolute atomic E-state index is 0.0604.